The van der Waals surface area contributed by atoms with Crippen molar-refractivity contribution in [2.45, 2.75) is 16.9 Å². The van der Waals surface area contributed by atoms with Crippen molar-refractivity contribution in [3.8, 4) is 17.2 Å². The number of hydrogen-bond acceptors (Lipinski definition) is 6. The van der Waals surface area contributed by atoms with Crippen molar-refractivity contribution in [1.29, 1.82) is 0 Å². The second kappa shape index (κ2) is 8.76. The van der Waals surface area contributed by atoms with E-state index in [-0.39, 0.29) is 10.8 Å². The molecule has 1 fully saturated rings. The predicted octanol–water partition coefficient (Wildman–Crippen LogP) is 3.23. The van der Waals surface area contributed by atoms with Crippen molar-refractivity contribution in [1.82, 2.24) is 0 Å². The molecule has 2 atom stereocenters. The lowest BCUT2D eigenvalue weighted by molar-refractivity contribution is -0.126. The minimum Gasteiger partial charge on any atom is -0.496 e. The van der Waals surface area contributed by atoms with E-state index in [1.807, 2.05) is 30.3 Å². The van der Waals surface area contributed by atoms with Crippen molar-refractivity contribution in [2.24, 2.45) is 5.14 Å². The fourth-order valence-electron chi connectivity index (χ4n) is 4.16. The highest BCUT2D eigenvalue weighted by atomic mass is 32.2. The number of carbonyl (C=O) groups is 1. The van der Waals surface area contributed by atoms with E-state index >= 15 is 0 Å². The van der Waals surface area contributed by atoms with Crippen LogP contribution in [0.1, 0.15) is 23.1 Å². The summed E-state index contributed by atoms with van der Waals surface area (Å²) < 4.78 is 39.8. The van der Waals surface area contributed by atoms with Crippen LogP contribution in [0.2, 0.25) is 0 Å². The van der Waals surface area contributed by atoms with Crippen LogP contribution in [0.4, 0.5) is 5.69 Å². The normalized spacial score (nSPS) is 17.9. The molecule has 1 aliphatic heterocycles. The fourth-order valence-corrected chi connectivity index (χ4v) is 4.68. The number of benzene rings is 3. The van der Waals surface area contributed by atoms with Crippen LogP contribution in [0.15, 0.2) is 71.6 Å². The number of β-lactam (4-membered cyclic amide) rings is 1. The van der Waals surface area contributed by atoms with Gasteiger partial charge < -0.3 is 19.1 Å². The second-order valence-corrected chi connectivity index (χ2v) is 9.09. The molecule has 9 heteroatoms. The summed E-state index contributed by atoms with van der Waals surface area (Å²) in [6, 6.07) is 18.5. The zero-order valence-electron chi connectivity index (χ0n) is 18.4. The Morgan fingerprint density at radius 1 is 0.818 bits per heavy atom. The summed E-state index contributed by atoms with van der Waals surface area (Å²) in [7, 11) is 0.779. The molecule has 3 aromatic carbocycles. The number of ether oxygens (including phenoxy) is 3. The lowest BCUT2D eigenvalue weighted by Crippen LogP contribution is -2.53. The van der Waals surface area contributed by atoms with Gasteiger partial charge in [0.1, 0.15) is 5.75 Å². The Morgan fingerprint density at radius 2 is 1.39 bits per heavy atom. The van der Waals surface area contributed by atoms with Gasteiger partial charge in [-0.1, -0.05) is 30.3 Å². The van der Waals surface area contributed by atoms with Gasteiger partial charge >= 0.3 is 0 Å². The van der Waals surface area contributed by atoms with Crippen LogP contribution in [0.5, 0.6) is 17.2 Å². The van der Waals surface area contributed by atoms with Crippen LogP contribution in [-0.2, 0) is 14.8 Å². The molecule has 4 rings (SSSR count). The molecule has 1 aliphatic rings. The van der Waals surface area contributed by atoms with Gasteiger partial charge in [0, 0.05) is 17.3 Å². The standard InChI is InChI=1S/C24H24N2O6S/c1-30-19-14-21(32-3)20(31-2)13-18(19)23-22(15-7-5-4-6-8-15)24(27)26(23)16-9-11-17(12-10-16)33(25,28)29/h4-14,22-23H,1-3H3,(H2,25,28,29)/t22-,23-/m0/s1. The molecule has 0 aromatic heterocycles. The van der Waals surface area contributed by atoms with E-state index < -0.39 is 22.0 Å². The number of amides is 1. The van der Waals surface area contributed by atoms with E-state index in [0.29, 0.717) is 22.9 Å². The van der Waals surface area contributed by atoms with Gasteiger partial charge in [-0.3, -0.25) is 4.79 Å². The molecule has 0 aliphatic carbocycles. The number of nitrogens with two attached hydrogens (primary N) is 1. The third-order valence-electron chi connectivity index (χ3n) is 5.75. The van der Waals surface area contributed by atoms with E-state index in [1.165, 1.54) is 19.2 Å². The second-order valence-electron chi connectivity index (χ2n) is 7.53. The topological polar surface area (TPSA) is 108 Å². The molecule has 0 bridgehead atoms. The molecule has 1 saturated heterocycles. The van der Waals surface area contributed by atoms with Crippen molar-refractivity contribution >= 4 is 21.6 Å². The van der Waals surface area contributed by atoms with Gasteiger partial charge in [-0.15, -0.1) is 0 Å². The van der Waals surface area contributed by atoms with Crippen molar-refractivity contribution < 1.29 is 27.4 Å². The van der Waals surface area contributed by atoms with Crippen molar-refractivity contribution in [2.75, 3.05) is 26.2 Å². The number of primary sulfonamides is 1. The summed E-state index contributed by atoms with van der Waals surface area (Å²) >= 11 is 0. The van der Waals surface area contributed by atoms with Crippen LogP contribution < -0.4 is 24.2 Å². The van der Waals surface area contributed by atoms with E-state index in [2.05, 4.69) is 0 Å². The summed E-state index contributed by atoms with van der Waals surface area (Å²) in [5.74, 6) is 0.966. The summed E-state index contributed by atoms with van der Waals surface area (Å²) in [6.45, 7) is 0. The first-order valence-electron chi connectivity index (χ1n) is 10.1. The summed E-state index contributed by atoms with van der Waals surface area (Å²) in [6.07, 6.45) is 0. The van der Waals surface area contributed by atoms with Gasteiger partial charge in [0.2, 0.25) is 15.9 Å². The lowest BCUT2D eigenvalue weighted by atomic mass is 9.77. The molecule has 2 N–H and O–H groups in total. The number of anilines is 1. The predicted molar refractivity (Wildman–Crippen MR) is 123 cm³/mol. The van der Waals surface area contributed by atoms with E-state index in [4.69, 9.17) is 19.3 Å². The van der Waals surface area contributed by atoms with E-state index in [1.54, 1.807) is 43.4 Å². The Balaban J connectivity index is 1.86. The Bertz CT molecular complexity index is 1280. The highest BCUT2D eigenvalue weighted by molar-refractivity contribution is 7.89. The SMILES string of the molecule is COc1cc(OC)c([C@H]2[C@H](c3ccccc3)C(=O)N2c2ccc(S(N)(=O)=O)cc2)cc1OC. The van der Waals surface area contributed by atoms with Gasteiger partial charge in [-0.05, 0) is 35.9 Å². The molecule has 3 aromatic rings. The smallest absolute Gasteiger partial charge is 0.238 e. The summed E-state index contributed by atoms with van der Waals surface area (Å²) in [5.41, 5.74) is 2.14. The first-order chi connectivity index (χ1) is 15.8. The molecule has 0 unspecified atom stereocenters. The highest BCUT2D eigenvalue weighted by Gasteiger charge is 2.51. The molecular weight excluding hydrogens is 444 g/mol. The quantitative estimate of drug-likeness (QED) is 0.534. The number of nitrogens with zero attached hydrogens (tertiary/aromatic N) is 1. The third kappa shape index (κ3) is 4.01. The maximum absolute atomic E-state index is 13.4. The Kier molecular flexibility index (Phi) is 6.01. The first-order valence-corrected chi connectivity index (χ1v) is 11.7. The van der Waals surface area contributed by atoms with Crippen molar-refractivity contribution in [3.05, 3.63) is 77.9 Å². The zero-order valence-corrected chi connectivity index (χ0v) is 19.2. The molecule has 172 valence electrons. The van der Waals surface area contributed by atoms with Gasteiger partial charge in [0.15, 0.2) is 11.5 Å². The van der Waals surface area contributed by atoms with Crippen LogP contribution in [0, 0.1) is 0 Å². The Labute approximate surface area is 192 Å². The summed E-state index contributed by atoms with van der Waals surface area (Å²) in [4.78, 5) is 15.0. The molecule has 1 amide bonds. The minimum absolute atomic E-state index is 0.0286. The molecule has 0 saturated carbocycles. The number of sulfonamides is 1. The number of methoxy groups -OCH3 is 3. The van der Waals surface area contributed by atoms with Gasteiger partial charge in [-0.25, -0.2) is 13.6 Å². The van der Waals surface area contributed by atoms with Gasteiger partial charge in [0.05, 0.1) is 38.2 Å². The van der Waals surface area contributed by atoms with Crippen LogP contribution >= 0.6 is 0 Å². The van der Waals surface area contributed by atoms with Crippen LogP contribution in [0.25, 0.3) is 0 Å². The average molecular weight is 469 g/mol. The molecule has 8 nitrogen and oxygen atoms in total. The fraction of sp³-hybridized carbons (Fsp3) is 0.208. The first kappa shape index (κ1) is 22.6. The Morgan fingerprint density at radius 3 is 1.94 bits per heavy atom. The number of hydrogen-bond donors (Lipinski definition) is 1. The maximum Gasteiger partial charge on any atom is 0.238 e. The molecule has 0 spiro atoms. The highest BCUT2D eigenvalue weighted by Crippen LogP contribution is 2.52. The van der Waals surface area contributed by atoms with Crippen LogP contribution in [-0.4, -0.2) is 35.7 Å². The largest absolute Gasteiger partial charge is 0.496 e. The maximum atomic E-state index is 13.4. The van der Waals surface area contributed by atoms with Gasteiger partial charge in [-0.2, -0.15) is 0 Å². The van der Waals surface area contributed by atoms with Crippen molar-refractivity contribution in [3.63, 3.8) is 0 Å². The number of rotatable bonds is 7. The molecular formula is C24H24N2O6S. The minimum atomic E-state index is -3.85. The lowest BCUT2D eigenvalue weighted by Gasteiger charge is -2.48. The monoisotopic (exact) mass is 468 g/mol. The average Bonchev–Trinajstić information content (AvgIpc) is 2.82. The molecule has 1 heterocycles. The Hall–Kier alpha value is -3.56. The molecule has 0 radical (unpaired) electrons. The van der Waals surface area contributed by atoms with Crippen LogP contribution in [0.3, 0.4) is 0 Å². The van der Waals surface area contributed by atoms with Gasteiger partial charge in [0.25, 0.3) is 0 Å². The number of carbonyl (C=O) groups excluding carboxylic acids is 1. The third-order valence-corrected chi connectivity index (χ3v) is 6.68. The summed E-state index contributed by atoms with van der Waals surface area (Å²) in [5, 5.41) is 5.22. The van der Waals surface area contributed by atoms with E-state index in [0.717, 1.165) is 11.1 Å². The molecule has 33 heavy (non-hydrogen) atoms. The van der Waals surface area contributed by atoms with E-state index in [9.17, 15) is 13.2 Å². The zero-order chi connectivity index (χ0) is 23.8.